The molecule has 0 aliphatic carbocycles. The van der Waals surface area contributed by atoms with E-state index in [0.717, 1.165) is 11.6 Å². The molecule has 1 heterocycles. The van der Waals surface area contributed by atoms with Gasteiger partial charge in [0.2, 0.25) is 5.91 Å². The molecule has 0 saturated carbocycles. The molecule has 4 nitrogen and oxygen atoms in total. The van der Waals surface area contributed by atoms with Crippen LogP contribution < -0.4 is 16.2 Å². The summed E-state index contributed by atoms with van der Waals surface area (Å²) in [5.41, 5.74) is 7.25. The minimum Gasteiger partial charge on any atom is -0.351 e. The van der Waals surface area contributed by atoms with Crippen molar-refractivity contribution in [3.05, 3.63) is 70.2 Å². The van der Waals surface area contributed by atoms with Crippen LogP contribution in [0.2, 0.25) is 5.02 Å². The van der Waals surface area contributed by atoms with Crippen molar-refractivity contribution in [2.75, 3.05) is 0 Å². The van der Waals surface area contributed by atoms with E-state index in [1.165, 1.54) is 12.1 Å². The molecule has 0 spiro atoms. The van der Waals surface area contributed by atoms with Gasteiger partial charge in [0, 0.05) is 23.7 Å². The molecular formula is C17H16ClF2N3O. The molecule has 1 amide bonds. The summed E-state index contributed by atoms with van der Waals surface area (Å²) in [6.45, 7) is 0.0580. The standard InChI is InChI=1S/C17H16ClF2N3O/c18-14-4-2-1-3-13(14)15-8-16(23-22-15)17(24)21-9-10-5-11(19)7-12(20)6-10/h1-7,15-16,22-23H,8-9H2,(H,21,24). The van der Waals surface area contributed by atoms with Crippen molar-refractivity contribution < 1.29 is 13.6 Å². The van der Waals surface area contributed by atoms with E-state index in [0.29, 0.717) is 17.0 Å². The number of amides is 1. The van der Waals surface area contributed by atoms with E-state index in [9.17, 15) is 13.6 Å². The molecule has 2 atom stereocenters. The molecule has 3 N–H and O–H groups in total. The second kappa shape index (κ2) is 7.25. The lowest BCUT2D eigenvalue weighted by molar-refractivity contribution is -0.123. The van der Waals surface area contributed by atoms with Gasteiger partial charge in [-0.1, -0.05) is 29.8 Å². The van der Waals surface area contributed by atoms with E-state index in [4.69, 9.17) is 11.6 Å². The number of rotatable bonds is 4. The predicted octanol–water partition coefficient (Wildman–Crippen LogP) is 2.84. The van der Waals surface area contributed by atoms with Crippen LogP contribution in [-0.2, 0) is 11.3 Å². The maximum absolute atomic E-state index is 13.1. The molecule has 2 unspecified atom stereocenters. The lowest BCUT2D eigenvalue weighted by Crippen LogP contribution is -2.42. The molecule has 0 bridgehead atoms. The van der Waals surface area contributed by atoms with Crippen molar-refractivity contribution in [2.45, 2.75) is 25.0 Å². The van der Waals surface area contributed by atoms with Gasteiger partial charge in [-0.15, -0.1) is 0 Å². The summed E-state index contributed by atoms with van der Waals surface area (Å²) in [5, 5.41) is 3.31. The van der Waals surface area contributed by atoms with Crippen LogP contribution in [0.1, 0.15) is 23.6 Å². The first-order valence-corrected chi connectivity index (χ1v) is 7.89. The zero-order valence-corrected chi connectivity index (χ0v) is 13.4. The van der Waals surface area contributed by atoms with E-state index in [1.54, 1.807) is 6.07 Å². The Morgan fingerprint density at radius 2 is 1.88 bits per heavy atom. The first-order chi connectivity index (χ1) is 11.5. The number of hydrogen-bond acceptors (Lipinski definition) is 3. The van der Waals surface area contributed by atoms with Crippen LogP contribution in [0.15, 0.2) is 42.5 Å². The number of carbonyl (C=O) groups is 1. The van der Waals surface area contributed by atoms with Crippen LogP contribution in [-0.4, -0.2) is 11.9 Å². The Morgan fingerprint density at radius 1 is 1.17 bits per heavy atom. The molecule has 126 valence electrons. The fourth-order valence-electron chi connectivity index (χ4n) is 2.72. The Balaban J connectivity index is 1.58. The Morgan fingerprint density at radius 3 is 2.58 bits per heavy atom. The first kappa shape index (κ1) is 16.8. The maximum Gasteiger partial charge on any atom is 0.238 e. The lowest BCUT2D eigenvalue weighted by atomic mass is 10.0. The van der Waals surface area contributed by atoms with Crippen LogP contribution in [0.3, 0.4) is 0 Å². The van der Waals surface area contributed by atoms with Gasteiger partial charge in [0.15, 0.2) is 0 Å². The Labute approximate surface area is 143 Å². The number of nitrogens with one attached hydrogen (secondary N) is 3. The molecule has 7 heteroatoms. The first-order valence-electron chi connectivity index (χ1n) is 7.51. The van der Waals surface area contributed by atoms with Crippen LogP contribution in [0, 0.1) is 11.6 Å². The van der Waals surface area contributed by atoms with Gasteiger partial charge in [-0.25, -0.2) is 19.6 Å². The highest BCUT2D eigenvalue weighted by Gasteiger charge is 2.30. The summed E-state index contributed by atoms with van der Waals surface area (Å²) in [6.07, 6.45) is 0.521. The average Bonchev–Trinajstić information content (AvgIpc) is 3.02. The molecule has 1 aliphatic rings. The van der Waals surface area contributed by atoms with Gasteiger partial charge in [-0.2, -0.15) is 0 Å². The van der Waals surface area contributed by atoms with Crippen LogP contribution in [0.5, 0.6) is 0 Å². The molecule has 24 heavy (non-hydrogen) atoms. The van der Waals surface area contributed by atoms with E-state index >= 15 is 0 Å². The third-order valence-corrected chi connectivity index (χ3v) is 4.23. The fourth-order valence-corrected chi connectivity index (χ4v) is 2.98. The van der Waals surface area contributed by atoms with Gasteiger partial charge < -0.3 is 5.32 Å². The molecule has 1 fully saturated rings. The van der Waals surface area contributed by atoms with Crippen molar-refractivity contribution in [2.24, 2.45) is 0 Å². The second-order valence-electron chi connectivity index (χ2n) is 5.65. The van der Waals surface area contributed by atoms with Crippen molar-refractivity contribution in [1.82, 2.24) is 16.2 Å². The molecule has 3 rings (SSSR count). The van der Waals surface area contributed by atoms with Gasteiger partial charge >= 0.3 is 0 Å². The van der Waals surface area contributed by atoms with Gasteiger partial charge in [-0.3, -0.25) is 4.79 Å². The summed E-state index contributed by atoms with van der Waals surface area (Å²) in [7, 11) is 0. The van der Waals surface area contributed by atoms with Gasteiger partial charge in [-0.05, 0) is 35.7 Å². The quantitative estimate of drug-likeness (QED) is 0.794. The van der Waals surface area contributed by atoms with E-state index in [2.05, 4.69) is 16.2 Å². The molecular weight excluding hydrogens is 336 g/mol. The van der Waals surface area contributed by atoms with E-state index in [-0.39, 0.29) is 18.5 Å². The van der Waals surface area contributed by atoms with Crippen LogP contribution in [0.4, 0.5) is 8.78 Å². The van der Waals surface area contributed by atoms with Gasteiger partial charge in [0.1, 0.15) is 17.7 Å². The topological polar surface area (TPSA) is 53.2 Å². The molecule has 1 saturated heterocycles. The zero-order chi connectivity index (χ0) is 17.1. The zero-order valence-electron chi connectivity index (χ0n) is 12.7. The Hall–Kier alpha value is -2.02. The highest BCUT2D eigenvalue weighted by atomic mass is 35.5. The van der Waals surface area contributed by atoms with Gasteiger partial charge in [0.05, 0.1) is 0 Å². The normalized spacial score (nSPS) is 20.1. The largest absolute Gasteiger partial charge is 0.351 e. The summed E-state index contributed by atoms with van der Waals surface area (Å²) in [4.78, 5) is 12.2. The summed E-state index contributed by atoms with van der Waals surface area (Å²) >= 11 is 6.16. The number of halogens is 3. The number of hydrogen-bond donors (Lipinski definition) is 3. The number of benzene rings is 2. The third-order valence-electron chi connectivity index (χ3n) is 3.89. The van der Waals surface area contributed by atoms with Crippen molar-refractivity contribution in [3.63, 3.8) is 0 Å². The smallest absolute Gasteiger partial charge is 0.238 e. The SMILES string of the molecule is O=C(NCc1cc(F)cc(F)c1)C1CC(c2ccccc2Cl)NN1. The number of hydrazine groups is 1. The Bertz CT molecular complexity index is 736. The summed E-state index contributed by atoms with van der Waals surface area (Å²) in [6, 6.07) is 10.1. The molecule has 2 aromatic rings. The second-order valence-corrected chi connectivity index (χ2v) is 6.05. The third kappa shape index (κ3) is 3.90. The average molecular weight is 352 g/mol. The van der Waals surface area contributed by atoms with Crippen molar-refractivity contribution in [3.8, 4) is 0 Å². The highest BCUT2D eigenvalue weighted by Crippen LogP contribution is 2.28. The fraction of sp³-hybridized carbons (Fsp3) is 0.235. The minimum atomic E-state index is -0.668. The van der Waals surface area contributed by atoms with E-state index < -0.39 is 17.7 Å². The van der Waals surface area contributed by atoms with Crippen molar-refractivity contribution >= 4 is 17.5 Å². The maximum atomic E-state index is 13.1. The minimum absolute atomic E-state index is 0.0580. The van der Waals surface area contributed by atoms with Crippen molar-refractivity contribution in [1.29, 1.82) is 0 Å². The van der Waals surface area contributed by atoms with Gasteiger partial charge in [0.25, 0.3) is 0 Å². The highest BCUT2D eigenvalue weighted by molar-refractivity contribution is 6.31. The predicted molar refractivity (Wildman–Crippen MR) is 87.1 cm³/mol. The summed E-state index contributed by atoms with van der Waals surface area (Å²) in [5.74, 6) is -1.58. The number of carbonyl (C=O) groups excluding carboxylic acids is 1. The Kier molecular flexibility index (Phi) is 5.08. The molecule has 1 aliphatic heterocycles. The lowest BCUT2D eigenvalue weighted by Gasteiger charge is -2.12. The molecule has 0 aromatic heterocycles. The molecule has 2 aromatic carbocycles. The van der Waals surface area contributed by atoms with Crippen LogP contribution in [0.25, 0.3) is 0 Å². The monoisotopic (exact) mass is 351 g/mol. The molecule has 0 radical (unpaired) electrons. The van der Waals surface area contributed by atoms with Crippen LogP contribution >= 0.6 is 11.6 Å². The summed E-state index contributed by atoms with van der Waals surface area (Å²) < 4.78 is 26.3. The van der Waals surface area contributed by atoms with E-state index in [1.807, 2.05) is 18.2 Å².